The second-order valence-electron chi connectivity index (χ2n) is 5.07. The molecule has 2 heterocycles. The number of nitrogens with zero attached hydrogens (tertiary/aromatic N) is 3. The number of aromatic nitrogens is 2. The summed E-state index contributed by atoms with van der Waals surface area (Å²) in [6, 6.07) is 14.8. The molecular formula is C16H11N3O2. The fourth-order valence-corrected chi connectivity index (χ4v) is 2.84. The molecule has 102 valence electrons. The maximum atomic E-state index is 10.9. The fraction of sp³-hybridized carbons (Fsp3) is 0.0625. The first-order chi connectivity index (χ1) is 10.1. The molecule has 21 heavy (non-hydrogen) atoms. The van der Waals surface area contributed by atoms with E-state index in [9.17, 15) is 10.1 Å². The van der Waals surface area contributed by atoms with Gasteiger partial charge < -0.3 is 4.57 Å². The van der Waals surface area contributed by atoms with Gasteiger partial charge in [0.25, 0.3) is 5.69 Å². The van der Waals surface area contributed by atoms with Crippen molar-refractivity contribution in [3.8, 4) is 11.4 Å². The Hall–Kier alpha value is -2.95. The Kier molecular flexibility index (Phi) is 2.27. The third-order valence-electron chi connectivity index (χ3n) is 3.86. The molecule has 2 aromatic carbocycles. The van der Waals surface area contributed by atoms with Gasteiger partial charge in [0.05, 0.1) is 10.4 Å². The van der Waals surface area contributed by atoms with E-state index in [4.69, 9.17) is 0 Å². The SMILES string of the molecule is Cn1c2nc3ccccc3c-2cc2cc([N+](=O)[O-])ccc21. The first kappa shape index (κ1) is 11.8. The lowest BCUT2D eigenvalue weighted by Crippen LogP contribution is -2.00. The van der Waals surface area contributed by atoms with Gasteiger partial charge in [-0.05, 0) is 18.2 Å². The summed E-state index contributed by atoms with van der Waals surface area (Å²) in [5.41, 5.74) is 2.98. The second kappa shape index (κ2) is 4.02. The quantitative estimate of drug-likeness (QED) is 0.393. The van der Waals surface area contributed by atoms with E-state index in [1.807, 2.05) is 41.9 Å². The Morgan fingerprint density at radius 3 is 2.76 bits per heavy atom. The highest BCUT2D eigenvalue weighted by molar-refractivity contribution is 6.01. The minimum atomic E-state index is -0.370. The van der Waals surface area contributed by atoms with Crippen LogP contribution in [-0.2, 0) is 7.05 Å². The average molecular weight is 277 g/mol. The molecule has 0 fully saturated rings. The highest BCUT2D eigenvalue weighted by atomic mass is 16.6. The lowest BCUT2D eigenvalue weighted by atomic mass is 10.1. The van der Waals surface area contributed by atoms with Gasteiger partial charge in [-0.25, -0.2) is 4.98 Å². The van der Waals surface area contributed by atoms with E-state index in [1.165, 1.54) is 6.07 Å². The summed E-state index contributed by atoms with van der Waals surface area (Å²) in [7, 11) is 1.93. The van der Waals surface area contributed by atoms with Crippen LogP contribution in [0.15, 0.2) is 48.5 Å². The van der Waals surface area contributed by atoms with Gasteiger partial charge in [-0.3, -0.25) is 10.1 Å². The van der Waals surface area contributed by atoms with Crippen LogP contribution in [0.3, 0.4) is 0 Å². The number of aryl methyl sites for hydroxylation is 1. The van der Waals surface area contributed by atoms with Gasteiger partial charge in [0, 0.05) is 41.0 Å². The maximum Gasteiger partial charge on any atom is 0.270 e. The zero-order valence-electron chi connectivity index (χ0n) is 11.3. The van der Waals surface area contributed by atoms with Gasteiger partial charge in [0.15, 0.2) is 0 Å². The third kappa shape index (κ3) is 1.61. The van der Waals surface area contributed by atoms with E-state index in [2.05, 4.69) is 4.98 Å². The lowest BCUT2D eigenvalue weighted by Gasteiger charge is -2.11. The van der Waals surface area contributed by atoms with Crippen LogP contribution in [-0.4, -0.2) is 14.5 Å². The van der Waals surface area contributed by atoms with E-state index in [0.717, 1.165) is 33.2 Å². The Morgan fingerprint density at radius 1 is 1.14 bits per heavy atom. The molecule has 0 saturated carbocycles. The third-order valence-corrected chi connectivity index (χ3v) is 3.86. The van der Waals surface area contributed by atoms with Crippen LogP contribution in [0.25, 0.3) is 33.2 Å². The number of rotatable bonds is 1. The van der Waals surface area contributed by atoms with Crippen LogP contribution in [0, 0.1) is 10.1 Å². The lowest BCUT2D eigenvalue weighted by molar-refractivity contribution is -0.384. The van der Waals surface area contributed by atoms with Crippen LogP contribution in [0.1, 0.15) is 0 Å². The van der Waals surface area contributed by atoms with E-state index in [-0.39, 0.29) is 10.6 Å². The summed E-state index contributed by atoms with van der Waals surface area (Å²) in [6.45, 7) is 0. The normalized spacial score (nSPS) is 11.5. The summed E-state index contributed by atoms with van der Waals surface area (Å²) < 4.78 is 1.98. The highest BCUT2D eigenvalue weighted by Crippen LogP contribution is 2.34. The molecular weight excluding hydrogens is 266 g/mol. The zero-order chi connectivity index (χ0) is 14.6. The largest absolute Gasteiger partial charge is 0.328 e. The molecule has 2 aliphatic rings. The predicted molar refractivity (Wildman–Crippen MR) is 81.5 cm³/mol. The second-order valence-corrected chi connectivity index (χ2v) is 5.07. The van der Waals surface area contributed by atoms with Crippen molar-refractivity contribution in [1.82, 2.24) is 9.55 Å². The van der Waals surface area contributed by atoms with E-state index in [1.54, 1.807) is 12.1 Å². The van der Waals surface area contributed by atoms with Crippen LogP contribution >= 0.6 is 0 Å². The predicted octanol–water partition coefficient (Wildman–Crippen LogP) is 3.74. The van der Waals surface area contributed by atoms with Gasteiger partial charge >= 0.3 is 0 Å². The van der Waals surface area contributed by atoms with Crippen molar-refractivity contribution >= 4 is 27.5 Å². The summed E-state index contributed by atoms with van der Waals surface area (Å²) in [5, 5.41) is 12.9. The molecule has 5 heteroatoms. The summed E-state index contributed by atoms with van der Waals surface area (Å²) in [6.07, 6.45) is 0. The summed E-state index contributed by atoms with van der Waals surface area (Å²) >= 11 is 0. The molecule has 4 rings (SSSR count). The molecule has 0 aliphatic carbocycles. The Morgan fingerprint density at radius 2 is 1.95 bits per heavy atom. The molecule has 0 atom stereocenters. The Labute approximate surface area is 119 Å². The number of hydrogen-bond donors (Lipinski definition) is 0. The molecule has 0 amide bonds. The van der Waals surface area contributed by atoms with Crippen molar-refractivity contribution < 1.29 is 4.92 Å². The van der Waals surface area contributed by atoms with Crippen molar-refractivity contribution in [2.75, 3.05) is 0 Å². The standard InChI is InChI=1S/C16H11N3O2/c1-18-15-7-6-11(19(20)21)8-10(15)9-13-12-4-2-3-5-14(12)17-16(13)18/h2-9H,1H3. The minimum absolute atomic E-state index is 0.102. The van der Waals surface area contributed by atoms with Crippen molar-refractivity contribution in [3.05, 3.63) is 58.6 Å². The molecule has 0 aromatic heterocycles. The van der Waals surface area contributed by atoms with Crippen molar-refractivity contribution in [3.63, 3.8) is 0 Å². The monoisotopic (exact) mass is 277 g/mol. The zero-order valence-corrected chi connectivity index (χ0v) is 11.3. The molecule has 2 aromatic rings. The number of hydrogen-bond acceptors (Lipinski definition) is 3. The molecule has 0 unspecified atom stereocenters. The average Bonchev–Trinajstić information content (AvgIpc) is 2.86. The molecule has 0 radical (unpaired) electrons. The van der Waals surface area contributed by atoms with Gasteiger partial charge in [0.2, 0.25) is 0 Å². The molecule has 0 saturated heterocycles. The number of non-ortho nitro benzene ring substituents is 1. The van der Waals surface area contributed by atoms with Crippen LogP contribution in [0.2, 0.25) is 0 Å². The molecule has 2 aliphatic heterocycles. The van der Waals surface area contributed by atoms with Crippen LogP contribution in [0.4, 0.5) is 5.69 Å². The van der Waals surface area contributed by atoms with E-state index >= 15 is 0 Å². The van der Waals surface area contributed by atoms with Crippen molar-refractivity contribution in [2.45, 2.75) is 0 Å². The van der Waals surface area contributed by atoms with Crippen LogP contribution in [0.5, 0.6) is 0 Å². The van der Waals surface area contributed by atoms with Gasteiger partial charge in [-0.1, -0.05) is 18.2 Å². The molecule has 0 spiro atoms. The minimum Gasteiger partial charge on any atom is -0.328 e. The first-order valence-corrected chi connectivity index (χ1v) is 6.57. The number of benzene rings is 2. The van der Waals surface area contributed by atoms with Crippen LogP contribution < -0.4 is 0 Å². The first-order valence-electron chi connectivity index (χ1n) is 6.57. The number of fused-ring (bicyclic) bond motifs is 4. The van der Waals surface area contributed by atoms with Crippen molar-refractivity contribution in [2.24, 2.45) is 7.05 Å². The number of nitro benzene ring substituents is 1. The number of pyridine rings is 1. The molecule has 0 N–H and O–H groups in total. The fourth-order valence-electron chi connectivity index (χ4n) is 2.84. The topological polar surface area (TPSA) is 61.0 Å². The Balaban J connectivity index is 2.17. The van der Waals surface area contributed by atoms with E-state index in [0.29, 0.717) is 0 Å². The smallest absolute Gasteiger partial charge is 0.270 e. The van der Waals surface area contributed by atoms with Gasteiger partial charge in [-0.2, -0.15) is 0 Å². The molecule has 0 bridgehead atoms. The van der Waals surface area contributed by atoms with E-state index < -0.39 is 0 Å². The molecule has 5 nitrogen and oxygen atoms in total. The maximum absolute atomic E-state index is 10.9. The number of nitro groups is 1. The van der Waals surface area contributed by atoms with Crippen molar-refractivity contribution in [1.29, 1.82) is 0 Å². The summed E-state index contributed by atoms with van der Waals surface area (Å²) in [4.78, 5) is 15.2. The highest BCUT2D eigenvalue weighted by Gasteiger charge is 2.17. The summed E-state index contributed by atoms with van der Waals surface area (Å²) in [5.74, 6) is 0.887. The number of para-hydroxylation sites is 1. The van der Waals surface area contributed by atoms with Gasteiger partial charge in [-0.15, -0.1) is 0 Å². The van der Waals surface area contributed by atoms with Gasteiger partial charge in [0.1, 0.15) is 5.82 Å². The Bertz CT molecular complexity index is 988.